The average molecular weight is 296 g/mol. The number of nitrogens with zero attached hydrogens (tertiary/aromatic N) is 2. The molecule has 0 radical (unpaired) electrons. The zero-order valence-corrected chi connectivity index (χ0v) is 13.8. The molecule has 0 aliphatic carbocycles. The Balaban J connectivity index is 3.23. The molecular formula is C15H28N4O2. The normalized spacial score (nSPS) is 11.4. The van der Waals surface area contributed by atoms with Crippen molar-refractivity contribution in [2.45, 2.75) is 47.1 Å². The molecule has 0 saturated carbocycles. The Morgan fingerprint density at radius 2 is 1.76 bits per heavy atom. The average Bonchev–Trinajstić information content (AvgIpc) is 2.45. The van der Waals surface area contributed by atoms with Crippen molar-refractivity contribution in [3.63, 3.8) is 0 Å². The summed E-state index contributed by atoms with van der Waals surface area (Å²) in [6, 6.07) is 0. The van der Waals surface area contributed by atoms with Gasteiger partial charge in [0.05, 0.1) is 0 Å². The molecule has 1 rings (SSSR count). The number of rotatable bonds is 7. The van der Waals surface area contributed by atoms with E-state index in [4.69, 9.17) is 5.73 Å². The first-order chi connectivity index (χ1) is 9.83. The Labute approximate surface area is 126 Å². The minimum absolute atomic E-state index is 0.239. The fraction of sp³-hybridized carbons (Fsp3) is 0.733. The number of nitrogens with one attached hydrogen (secondary N) is 1. The van der Waals surface area contributed by atoms with Gasteiger partial charge in [-0.15, -0.1) is 0 Å². The van der Waals surface area contributed by atoms with Crippen LogP contribution in [0.3, 0.4) is 0 Å². The molecule has 21 heavy (non-hydrogen) atoms. The molecule has 0 bridgehead atoms. The summed E-state index contributed by atoms with van der Waals surface area (Å²) in [6.07, 6.45) is 2.07. The Morgan fingerprint density at radius 3 is 2.24 bits per heavy atom. The molecule has 6 heteroatoms. The smallest absolute Gasteiger partial charge is 0.332 e. The van der Waals surface area contributed by atoms with Crippen molar-refractivity contribution in [3.05, 3.63) is 20.8 Å². The van der Waals surface area contributed by atoms with E-state index in [0.29, 0.717) is 24.7 Å². The van der Waals surface area contributed by atoms with Crippen molar-refractivity contribution in [2.24, 2.45) is 18.9 Å². The maximum Gasteiger partial charge on any atom is 0.332 e. The molecule has 0 amide bonds. The Bertz CT molecular complexity index is 583. The van der Waals surface area contributed by atoms with Crippen LogP contribution in [0.15, 0.2) is 9.59 Å². The number of anilines is 2. The van der Waals surface area contributed by atoms with Crippen molar-refractivity contribution in [3.8, 4) is 0 Å². The maximum absolute atomic E-state index is 12.2. The highest BCUT2D eigenvalue weighted by molar-refractivity contribution is 5.60. The van der Waals surface area contributed by atoms with Gasteiger partial charge in [-0.2, -0.15) is 0 Å². The van der Waals surface area contributed by atoms with Crippen LogP contribution >= 0.6 is 0 Å². The summed E-state index contributed by atoms with van der Waals surface area (Å²) in [5.41, 5.74) is 5.68. The van der Waals surface area contributed by atoms with E-state index < -0.39 is 0 Å². The van der Waals surface area contributed by atoms with E-state index in [1.54, 1.807) is 0 Å². The lowest BCUT2D eigenvalue weighted by atomic mass is 10.0. The molecule has 0 spiro atoms. The van der Waals surface area contributed by atoms with E-state index in [1.807, 2.05) is 13.8 Å². The first-order valence-electron chi connectivity index (χ1n) is 7.66. The van der Waals surface area contributed by atoms with Gasteiger partial charge in [-0.05, 0) is 11.8 Å². The zero-order valence-electron chi connectivity index (χ0n) is 13.8. The summed E-state index contributed by atoms with van der Waals surface area (Å²) < 4.78 is 2.59. The first-order valence-corrected chi connectivity index (χ1v) is 7.66. The van der Waals surface area contributed by atoms with Gasteiger partial charge < -0.3 is 11.1 Å². The molecular weight excluding hydrogens is 268 g/mol. The molecule has 1 aromatic rings. The predicted molar refractivity (Wildman–Crippen MR) is 87.8 cm³/mol. The van der Waals surface area contributed by atoms with Crippen LogP contribution in [-0.4, -0.2) is 15.7 Å². The SMILES string of the molecule is CCC(CC)CNc1c(N)n(CC(C)C)c(=O)n(C)c1=O. The molecule has 120 valence electrons. The molecule has 3 N–H and O–H groups in total. The Morgan fingerprint density at radius 1 is 1.19 bits per heavy atom. The lowest BCUT2D eigenvalue weighted by molar-refractivity contribution is 0.492. The lowest BCUT2D eigenvalue weighted by Gasteiger charge is -2.19. The monoisotopic (exact) mass is 296 g/mol. The number of hydrogen-bond donors (Lipinski definition) is 2. The van der Waals surface area contributed by atoms with Crippen molar-refractivity contribution >= 4 is 11.5 Å². The molecule has 0 unspecified atom stereocenters. The van der Waals surface area contributed by atoms with Gasteiger partial charge in [0.15, 0.2) is 0 Å². The topological polar surface area (TPSA) is 82.0 Å². The van der Waals surface area contributed by atoms with Crippen LogP contribution in [0.5, 0.6) is 0 Å². The van der Waals surface area contributed by atoms with E-state index in [-0.39, 0.29) is 23.0 Å². The predicted octanol–water partition coefficient (Wildman–Crippen LogP) is 1.63. The van der Waals surface area contributed by atoms with Gasteiger partial charge in [-0.3, -0.25) is 13.9 Å². The standard InChI is InChI=1S/C15H28N4O2/c1-6-11(7-2)8-17-12-13(16)19(9-10(3)4)15(21)18(5)14(12)20/h10-11,17H,6-9,16H2,1-5H3. The Hall–Kier alpha value is -1.72. The van der Waals surface area contributed by atoms with Crippen LogP contribution in [0, 0.1) is 11.8 Å². The van der Waals surface area contributed by atoms with Crippen LogP contribution in [-0.2, 0) is 13.6 Å². The summed E-state index contributed by atoms with van der Waals surface area (Å²) in [4.78, 5) is 24.4. The first kappa shape index (κ1) is 17.3. The third-order valence-electron chi connectivity index (χ3n) is 3.85. The highest BCUT2D eigenvalue weighted by atomic mass is 16.2. The second-order valence-corrected chi connectivity index (χ2v) is 5.97. The minimum atomic E-state index is -0.362. The van der Waals surface area contributed by atoms with Crippen LogP contribution < -0.4 is 22.3 Å². The molecule has 0 aromatic carbocycles. The number of hydrogen-bond acceptors (Lipinski definition) is 4. The third kappa shape index (κ3) is 3.89. The maximum atomic E-state index is 12.2. The van der Waals surface area contributed by atoms with Gasteiger partial charge in [-0.25, -0.2) is 4.79 Å². The largest absolute Gasteiger partial charge is 0.383 e. The second-order valence-electron chi connectivity index (χ2n) is 5.97. The number of nitrogens with two attached hydrogens (primary N) is 1. The van der Waals surface area contributed by atoms with E-state index in [1.165, 1.54) is 11.6 Å². The van der Waals surface area contributed by atoms with E-state index >= 15 is 0 Å². The van der Waals surface area contributed by atoms with Crippen molar-refractivity contribution < 1.29 is 0 Å². The molecule has 6 nitrogen and oxygen atoms in total. The van der Waals surface area contributed by atoms with Crippen LogP contribution in [0.2, 0.25) is 0 Å². The fourth-order valence-electron chi connectivity index (χ4n) is 2.31. The molecule has 0 aliphatic heterocycles. The zero-order chi connectivity index (χ0) is 16.2. The van der Waals surface area contributed by atoms with Crippen LogP contribution in [0.25, 0.3) is 0 Å². The van der Waals surface area contributed by atoms with E-state index in [0.717, 1.165) is 17.4 Å². The van der Waals surface area contributed by atoms with Gasteiger partial charge in [0.2, 0.25) is 0 Å². The Kier molecular flexibility index (Phi) is 6.05. The van der Waals surface area contributed by atoms with Gasteiger partial charge in [0, 0.05) is 20.1 Å². The van der Waals surface area contributed by atoms with Gasteiger partial charge in [0.25, 0.3) is 5.56 Å². The van der Waals surface area contributed by atoms with E-state index in [2.05, 4.69) is 19.2 Å². The van der Waals surface area contributed by atoms with Crippen molar-refractivity contribution in [1.29, 1.82) is 0 Å². The summed E-state index contributed by atoms with van der Waals surface area (Å²) in [5.74, 6) is 0.997. The second kappa shape index (κ2) is 7.33. The molecule has 1 aromatic heterocycles. The van der Waals surface area contributed by atoms with E-state index in [9.17, 15) is 9.59 Å². The van der Waals surface area contributed by atoms with Gasteiger partial charge in [-0.1, -0.05) is 40.5 Å². The third-order valence-corrected chi connectivity index (χ3v) is 3.85. The molecule has 0 fully saturated rings. The summed E-state index contributed by atoms with van der Waals surface area (Å²) in [5, 5.41) is 3.15. The molecule has 0 atom stereocenters. The quantitative estimate of drug-likeness (QED) is 0.801. The molecule has 1 heterocycles. The lowest BCUT2D eigenvalue weighted by Crippen LogP contribution is -2.41. The summed E-state index contributed by atoms with van der Waals surface area (Å²) >= 11 is 0. The minimum Gasteiger partial charge on any atom is -0.383 e. The summed E-state index contributed by atoms with van der Waals surface area (Å²) in [6.45, 7) is 9.45. The van der Waals surface area contributed by atoms with Gasteiger partial charge >= 0.3 is 5.69 Å². The van der Waals surface area contributed by atoms with Crippen molar-refractivity contribution in [1.82, 2.24) is 9.13 Å². The van der Waals surface area contributed by atoms with Crippen LogP contribution in [0.1, 0.15) is 40.5 Å². The highest BCUT2D eigenvalue weighted by Crippen LogP contribution is 2.15. The highest BCUT2D eigenvalue weighted by Gasteiger charge is 2.16. The van der Waals surface area contributed by atoms with Crippen LogP contribution in [0.4, 0.5) is 11.5 Å². The van der Waals surface area contributed by atoms with Gasteiger partial charge in [0.1, 0.15) is 11.5 Å². The molecule has 0 saturated heterocycles. The fourth-order valence-corrected chi connectivity index (χ4v) is 2.31. The number of aromatic nitrogens is 2. The summed E-state index contributed by atoms with van der Waals surface area (Å²) in [7, 11) is 1.49. The molecule has 0 aliphatic rings. The van der Waals surface area contributed by atoms with Crippen molar-refractivity contribution in [2.75, 3.05) is 17.6 Å². The number of nitrogen functional groups attached to an aromatic ring is 1.